The Morgan fingerprint density at radius 2 is 2.05 bits per heavy atom. The molecule has 1 saturated carbocycles. The summed E-state index contributed by atoms with van der Waals surface area (Å²) < 4.78 is 7.79. The van der Waals surface area contributed by atoms with Gasteiger partial charge in [0, 0.05) is 23.6 Å². The number of carbonyl (C=O) groups is 1. The van der Waals surface area contributed by atoms with Gasteiger partial charge in [0.15, 0.2) is 0 Å². The van der Waals surface area contributed by atoms with Crippen molar-refractivity contribution in [2.45, 2.75) is 51.7 Å². The van der Waals surface area contributed by atoms with Crippen LogP contribution in [0.2, 0.25) is 0 Å². The molecule has 0 spiro atoms. The Bertz CT molecular complexity index is 625. The van der Waals surface area contributed by atoms with E-state index < -0.39 is 0 Å². The quantitative estimate of drug-likeness (QED) is 0.804. The van der Waals surface area contributed by atoms with Crippen molar-refractivity contribution in [3.63, 3.8) is 0 Å². The first kappa shape index (κ1) is 14.1. The minimum absolute atomic E-state index is 0.170. The molecule has 3 rings (SSSR count). The highest BCUT2D eigenvalue weighted by molar-refractivity contribution is 5.79. The molecule has 0 saturated heterocycles. The van der Waals surface area contributed by atoms with Gasteiger partial charge < -0.3 is 9.53 Å². The molecule has 112 valence electrons. The van der Waals surface area contributed by atoms with Crippen LogP contribution in [0.5, 0.6) is 5.75 Å². The maximum Gasteiger partial charge on any atom is 0.123 e. The lowest BCUT2D eigenvalue weighted by Crippen LogP contribution is -2.19. The number of ether oxygens (including phenoxy) is 1. The standard InChI is InChI=1S/C17H22N2O2/c1-12(2)21-16-8-5-14-10-19(18-17(14)9-16)15-6-3-13(11-20)4-7-15/h5,8-13,15H,3-4,6-7H2,1-2H3. The molecule has 1 aliphatic carbocycles. The third-order valence-electron chi connectivity index (χ3n) is 4.18. The van der Waals surface area contributed by atoms with E-state index in [0.29, 0.717) is 6.04 Å². The van der Waals surface area contributed by atoms with Gasteiger partial charge in [-0.2, -0.15) is 5.10 Å². The Hall–Kier alpha value is -1.84. The first-order valence-corrected chi connectivity index (χ1v) is 7.76. The lowest BCUT2D eigenvalue weighted by atomic mass is 9.87. The van der Waals surface area contributed by atoms with Crippen LogP contribution in [0.4, 0.5) is 0 Å². The topological polar surface area (TPSA) is 44.1 Å². The molecule has 0 N–H and O–H groups in total. The molecule has 1 aromatic carbocycles. The molecule has 21 heavy (non-hydrogen) atoms. The monoisotopic (exact) mass is 286 g/mol. The molecule has 4 nitrogen and oxygen atoms in total. The van der Waals surface area contributed by atoms with Crippen molar-refractivity contribution in [3.05, 3.63) is 24.4 Å². The van der Waals surface area contributed by atoms with Crippen LogP contribution in [-0.4, -0.2) is 22.2 Å². The van der Waals surface area contributed by atoms with Crippen molar-refractivity contribution < 1.29 is 9.53 Å². The smallest absolute Gasteiger partial charge is 0.123 e. The van der Waals surface area contributed by atoms with Crippen LogP contribution < -0.4 is 4.74 Å². The third-order valence-corrected chi connectivity index (χ3v) is 4.18. The molecule has 0 radical (unpaired) electrons. The van der Waals surface area contributed by atoms with E-state index in [2.05, 4.69) is 16.9 Å². The molecule has 1 fully saturated rings. The summed E-state index contributed by atoms with van der Waals surface area (Å²) >= 11 is 0. The second kappa shape index (κ2) is 5.88. The zero-order chi connectivity index (χ0) is 14.8. The summed E-state index contributed by atoms with van der Waals surface area (Å²) in [7, 11) is 0. The molecular formula is C17H22N2O2. The van der Waals surface area contributed by atoms with Gasteiger partial charge in [-0.1, -0.05) is 0 Å². The first-order chi connectivity index (χ1) is 10.2. The SMILES string of the molecule is CC(C)Oc1ccc2cn(C3CCC(C=O)CC3)nc2c1. The number of fused-ring (bicyclic) bond motifs is 1. The Morgan fingerprint density at radius 3 is 2.71 bits per heavy atom. The largest absolute Gasteiger partial charge is 0.491 e. The van der Waals surface area contributed by atoms with Crippen LogP contribution in [0, 0.1) is 5.92 Å². The number of hydrogen-bond donors (Lipinski definition) is 0. The third kappa shape index (κ3) is 3.09. The number of carbonyl (C=O) groups excluding carboxylic acids is 1. The maximum atomic E-state index is 10.8. The van der Waals surface area contributed by atoms with E-state index >= 15 is 0 Å². The Balaban J connectivity index is 1.79. The van der Waals surface area contributed by atoms with E-state index in [9.17, 15) is 4.79 Å². The predicted octanol–water partition coefficient (Wildman–Crippen LogP) is 3.75. The molecule has 1 aliphatic rings. The first-order valence-electron chi connectivity index (χ1n) is 7.76. The van der Waals surface area contributed by atoms with Gasteiger partial charge in [0.25, 0.3) is 0 Å². The summed E-state index contributed by atoms with van der Waals surface area (Å²) in [5, 5.41) is 5.85. The molecule has 0 amide bonds. The highest BCUT2D eigenvalue weighted by Crippen LogP contribution is 2.32. The molecule has 1 aromatic heterocycles. The van der Waals surface area contributed by atoms with Gasteiger partial charge in [0.05, 0.1) is 17.7 Å². The van der Waals surface area contributed by atoms with Crippen LogP contribution >= 0.6 is 0 Å². The predicted molar refractivity (Wildman–Crippen MR) is 82.6 cm³/mol. The van der Waals surface area contributed by atoms with Gasteiger partial charge >= 0.3 is 0 Å². The molecule has 4 heteroatoms. The average molecular weight is 286 g/mol. The molecule has 0 atom stereocenters. The highest BCUT2D eigenvalue weighted by Gasteiger charge is 2.22. The fraction of sp³-hybridized carbons (Fsp3) is 0.529. The lowest BCUT2D eigenvalue weighted by Gasteiger charge is -2.25. The van der Waals surface area contributed by atoms with Crippen molar-refractivity contribution in [1.29, 1.82) is 0 Å². The fourth-order valence-corrected chi connectivity index (χ4v) is 3.05. The van der Waals surface area contributed by atoms with Gasteiger partial charge in [-0.05, 0) is 51.7 Å². The van der Waals surface area contributed by atoms with E-state index in [1.165, 1.54) is 0 Å². The second-order valence-electron chi connectivity index (χ2n) is 6.20. The van der Waals surface area contributed by atoms with Crippen LogP contribution in [-0.2, 0) is 4.79 Å². The van der Waals surface area contributed by atoms with Gasteiger partial charge in [0.2, 0.25) is 0 Å². The average Bonchev–Trinajstić information content (AvgIpc) is 2.90. The second-order valence-corrected chi connectivity index (χ2v) is 6.20. The number of benzene rings is 1. The van der Waals surface area contributed by atoms with Crippen LogP contribution in [0.15, 0.2) is 24.4 Å². The summed E-state index contributed by atoms with van der Waals surface area (Å²) in [5.74, 6) is 1.12. The Morgan fingerprint density at radius 1 is 1.29 bits per heavy atom. The van der Waals surface area contributed by atoms with Gasteiger partial charge in [-0.25, -0.2) is 0 Å². The lowest BCUT2D eigenvalue weighted by molar-refractivity contribution is -0.112. The minimum atomic E-state index is 0.170. The zero-order valence-corrected chi connectivity index (χ0v) is 12.7. The van der Waals surface area contributed by atoms with Crippen LogP contribution in [0.3, 0.4) is 0 Å². The van der Waals surface area contributed by atoms with Crippen molar-refractivity contribution in [1.82, 2.24) is 9.78 Å². The zero-order valence-electron chi connectivity index (χ0n) is 12.7. The van der Waals surface area contributed by atoms with E-state index in [1.807, 2.05) is 26.0 Å². The molecule has 0 bridgehead atoms. The Kier molecular flexibility index (Phi) is 3.95. The molecule has 0 unspecified atom stereocenters. The van der Waals surface area contributed by atoms with Gasteiger partial charge in [-0.15, -0.1) is 0 Å². The van der Waals surface area contributed by atoms with E-state index in [0.717, 1.165) is 48.6 Å². The minimum Gasteiger partial charge on any atom is -0.491 e. The summed E-state index contributed by atoms with van der Waals surface area (Å²) in [5.41, 5.74) is 0.977. The van der Waals surface area contributed by atoms with Crippen molar-refractivity contribution in [3.8, 4) is 5.75 Å². The normalized spacial score (nSPS) is 22.6. The fourth-order valence-electron chi connectivity index (χ4n) is 3.05. The molecule has 2 aromatic rings. The number of aldehydes is 1. The number of aromatic nitrogens is 2. The van der Waals surface area contributed by atoms with E-state index in [1.54, 1.807) is 0 Å². The molecule has 1 heterocycles. The number of rotatable bonds is 4. The summed E-state index contributed by atoms with van der Waals surface area (Å²) in [6.07, 6.45) is 7.41. The Labute approximate surface area is 125 Å². The molecule has 0 aliphatic heterocycles. The van der Waals surface area contributed by atoms with Gasteiger partial charge in [0.1, 0.15) is 12.0 Å². The maximum absolute atomic E-state index is 10.8. The molecular weight excluding hydrogens is 264 g/mol. The summed E-state index contributed by atoms with van der Waals surface area (Å²) in [6.45, 7) is 4.04. The van der Waals surface area contributed by atoms with Gasteiger partial charge in [-0.3, -0.25) is 4.68 Å². The van der Waals surface area contributed by atoms with Crippen molar-refractivity contribution in [2.24, 2.45) is 5.92 Å². The van der Waals surface area contributed by atoms with Crippen molar-refractivity contribution in [2.75, 3.05) is 0 Å². The number of nitrogens with zero attached hydrogens (tertiary/aromatic N) is 2. The van der Waals surface area contributed by atoms with E-state index in [4.69, 9.17) is 9.84 Å². The number of hydrogen-bond acceptors (Lipinski definition) is 3. The van der Waals surface area contributed by atoms with E-state index in [-0.39, 0.29) is 12.0 Å². The summed E-state index contributed by atoms with van der Waals surface area (Å²) in [4.78, 5) is 10.8. The van der Waals surface area contributed by atoms with Crippen LogP contribution in [0.1, 0.15) is 45.6 Å². The van der Waals surface area contributed by atoms with Crippen LogP contribution in [0.25, 0.3) is 10.9 Å². The highest BCUT2D eigenvalue weighted by atomic mass is 16.5. The van der Waals surface area contributed by atoms with Crippen molar-refractivity contribution >= 4 is 17.2 Å². The summed E-state index contributed by atoms with van der Waals surface area (Å²) in [6, 6.07) is 6.48.